The van der Waals surface area contributed by atoms with Gasteiger partial charge in [0.15, 0.2) is 0 Å². The van der Waals surface area contributed by atoms with Gasteiger partial charge in [-0.25, -0.2) is 4.79 Å². The molecule has 0 spiro atoms. The van der Waals surface area contributed by atoms with Gasteiger partial charge in [0.05, 0.1) is 12.8 Å². The quantitative estimate of drug-likeness (QED) is 0.909. The summed E-state index contributed by atoms with van der Waals surface area (Å²) >= 11 is 0. The number of H-pyrrole nitrogens is 1. The van der Waals surface area contributed by atoms with Crippen molar-refractivity contribution in [3.05, 3.63) is 35.5 Å². The van der Waals surface area contributed by atoms with E-state index in [1.807, 2.05) is 5.10 Å². The molecule has 0 aliphatic carbocycles. The first-order chi connectivity index (χ1) is 9.32. The molecule has 2 rings (SSSR count). The van der Waals surface area contributed by atoms with Crippen LogP contribution >= 0.6 is 0 Å². The van der Waals surface area contributed by atoms with Crippen LogP contribution in [-0.2, 0) is 6.18 Å². The van der Waals surface area contributed by atoms with Gasteiger partial charge in [-0.05, 0) is 24.3 Å². The highest BCUT2D eigenvalue weighted by atomic mass is 19.4. The lowest BCUT2D eigenvalue weighted by Gasteiger charge is -2.06. The van der Waals surface area contributed by atoms with E-state index >= 15 is 0 Å². The molecule has 1 aromatic heterocycles. The van der Waals surface area contributed by atoms with Crippen molar-refractivity contribution in [1.29, 1.82) is 0 Å². The molecule has 20 heavy (non-hydrogen) atoms. The maximum Gasteiger partial charge on any atom is 0.432 e. The summed E-state index contributed by atoms with van der Waals surface area (Å²) in [6.45, 7) is 0. The fraction of sp³-hybridized carbons (Fsp3) is 0.167. The Morgan fingerprint density at radius 2 is 2.05 bits per heavy atom. The Morgan fingerprint density at radius 1 is 1.35 bits per heavy atom. The van der Waals surface area contributed by atoms with Gasteiger partial charge in [0.1, 0.15) is 17.0 Å². The van der Waals surface area contributed by atoms with E-state index in [2.05, 4.69) is 5.10 Å². The lowest BCUT2D eigenvalue weighted by Crippen LogP contribution is -2.04. The summed E-state index contributed by atoms with van der Waals surface area (Å²) in [5, 5.41) is 14.4. The first-order valence-electron chi connectivity index (χ1n) is 5.37. The standard InChI is InChI=1S/C12H9F3N2O3/c1-20-9-3-2-6(4-7(9)11(18)19)8-5-10(17-16-8)12(13,14)15/h2-5H,1H3,(H,16,17)(H,18,19). The van der Waals surface area contributed by atoms with Crippen molar-refractivity contribution >= 4 is 5.97 Å². The van der Waals surface area contributed by atoms with E-state index < -0.39 is 17.8 Å². The SMILES string of the molecule is COc1ccc(-c2cc(C(F)(F)F)[nH]n2)cc1C(=O)O. The van der Waals surface area contributed by atoms with Crippen LogP contribution < -0.4 is 4.74 Å². The van der Waals surface area contributed by atoms with Crippen molar-refractivity contribution in [2.24, 2.45) is 0 Å². The normalized spacial score (nSPS) is 11.4. The van der Waals surface area contributed by atoms with E-state index in [1.165, 1.54) is 25.3 Å². The number of aromatic amines is 1. The minimum absolute atomic E-state index is 0.00229. The van der Waals surface area contributed by atoms with Gasteiger partial charge in [0.2, 0.25) is 0 Å². The van der Waals surface area contributed by atoms with E-state index in [0.29, 0.717) is 0 Å². The summed E-state index contributed by atoms with van der Waals surface area (Å²) in [7, 11) is 1.30. The molecule has 0 saturated carbocycles. The molecule has 0 bridgehead atoms. The van der Waals surface area contributed by atoms with E-state index in [4.69, 9.17) is 9.84 Å². The Labute approximate surface area is 111 Å². The number of halogens is 3. The number of nitrogens with one attached hydrogen (secondary N) is 1. The molecule has 0 fully saturated rings. The summed E-state index contributed by atoms with van der Waals surface area (Å²) in [5.41, 5.74) is -0.904. The lowest BCUT2D eigenvalue weighted by molar-refractivity contribution is -0.141. The van der Waals surface area contributed by atoms with Gasteiger partial charge >= 0.3 is 12.1 Å². The molecule has 0 atom stereocenters. The fourth-order valence-corrected chi connectivity index (χ4v) is 1.65. The van der Waals surface area contributed by atoms with Crippen molar-refractivity contribution in [1.82, 2.24) is 10.2 Å². The molecule has 0 aliphatic rings. The molecule has 0 aliphatic heterocycles. The molecule has 0 unspecified atom stereocenters. The second-order valence-corrected chi connectivity index (χ2v) is 3.88. The zero-order valence-corrected chi connectivity index (χ0v) is 10.2. The van der Waals surface area contributed by atoms with Crippen LogP contribution in [0.25, 0.3) is 11.3 Å². The summed E-state index contributed by atoms with van der Waals surface area (Å²) in [6, 6.07) is 4.81. The van der Waals surface area contributed by atoms with Gasteiger partial charge in [-0.15, -0.1) is 0 Å². The third-order valence-electron chi connectivity index (χ3n) is 2.61. The van der Waals surface area contributed by atoms with Gasteiger partial charge in [-0.2, -0.15) is 18.3 Å². The molecule has 0 radical (unpaired) electrons. The number of alkyl halides is 3. The van der Waals surface area contributed by atoms with Crippen molar-refractivity contribution in [2.45, 2.75) is 6.18 Å². The molecule has 2 aromatic rings. The zero-order valence-electron chi connectivity index (χ0n) is 10.2. The third kappa shape index (κ3) is 2.58. The van der Waals surface area contributed by atoms with Crippen LogP contribution in [0.3, 0.4) is 0 Å². The third-order valence-corrected chi connectivity index (χ3v) is 2.61. The zero-order chi connectivity index (χ0) is 14.9. The molecule has 8 heteroatoms. The first kappa shape index (κ1) is 13.9. The second kappa shape index (κ2) is 4.87. The van der Waals surface area contributed by atoms with Crippen LogP contribution in [0.4, 0.5) is 13.2 Å². The highest BCUT2D eigenvalue weighted by Crippen LogP contribution is 2.31. The minimum Gasteiger partial charge on any atom is -0.496 e. The van der Waals surface area contributed by atoms with Crippen LogP contribution in [0, 0.1) is 0 Å². The summed E-state index contributed by atoms with van der Waals surface area (Å²) in [5.74, 6) is -1.12. The molecule has 2 N–H and O–H groups in total. The number of hydrogen-bond donors (Lipinski definition) is 2. The number of nitrogens with zero attached hydrogens (tertiary/aromatic N) is 1. The number of aromatic carboxylic acids is 1. The van der Waals surface area contributed by atoms with Crippen molar-refractivity contribution < 1.29 is 27.8 Å². The molecule has 0 amide bonds. The Bertz CT molecular complexity index is 650. The smallest absolute Gasteiger partial charge is 0.432 e. The number of aromatic nitrogens is 2. The van der Waals surface area contributed by atoms with Crippen LogP contribution in [-0.4, -0.2) is 28.4 Å². The number of hydrogen-bond acceptors (Lipinski definition) is 3. The summed E-state index contributed by atoms with van der Waals surface area (Å²) in [6.07, 6.45) is -4.53. The largest absolute Gasteiger partial charge is 0.496 e. The van der Waals surface area contributed by atoms with Gasteiger partial charge in [0, 0.05) is 5.56 Å². The maximum atomic E-state index is 12.5. The Morgan fingerprint density at radius 3 is 2.55 bits per heavy atom. The number of ether oxygens (including phenoxy) is 1. The average Bonchev–Trinajstić information content (AvgIpc) is 2.87. The number of rotatable bonds is 3. The van der Waals surface area contributed by atoms with E-state index in [0.717, 1.165) is 6.07 Å². The van der Waals surface area contributed by atoms with E-state index in [1.54, 1.807) is 0 Å². The molecule has 106 valence electrons. The van der Waals surface area contributed by atoms with Crippen LogP contribution in [0.2, 0.25) is 0 Å². The number of carboxylic acid groups (broad SMARTS) is 1. The monoisotopic (exact) mass is 286 g/mol. The average molecular weight is 286 g/mol. The molecule has 0 saturated heterocycles. The van der Waals surface area contributed by atoms with Crippen molar-refractivity contribution in [3.8, 4) is 17.0 Å². The molecule has 5 nitrogen and oxygen atoms in total. The van der Waals surface area contributed by atoms with Crippen LogP contribution in [0.15, 0.2) is 24.3 Å². The maximum absolute atomic E-state index is 12.5. The fourth-order valence-electron chi connectivity index (χ4n) is 1.65. The first-order valence-corrected chi connectivity index (χ1v) is 5.37. The Kier molecular flexibility index (Phi) is 3.39. The highest BCUT2D eigenvalue weighted by molar-refractivity contribution is 5.92. The number of methoxy groups -OCH3 is 1. The predicted octanol–water partition coefficient (Wildman–Crippen LogP) is 2.80. The molecular formula is C12H9F3N2O3. The van der Waals surface area contributed by atoms with Gasteiger partial charge in [0.25, 0.3) is 0 Å². The predicted molar refractivity (Wildman–Crippen MR) is 62.5 cm³/mol. The lowest BCUT2D eigenvalue weighted by atomic mass is 10.1. The number of benzene rings is 1. The molecule has 1 aromatic carbocycles. The van der Waals surface area contributed by atoms with Crippen molar-refractivity contribution in [2.75, 3.05) is 7.11 Å². The summed E-state index contributed by atoms with van der Waals surface area (Å²) < 4.78 is 42.2. The molecular weight excluding hydrogens is 277 g/mol. The Balaban J connectivity index is 2.46. The number of carboxylic acids is 1. The van der Waals surface area contributed by atoms with Gasteiger partial charge < -0.3 is 9.84 Å². The van der Waals surface area contributed by atoms with Crippen molar-refractivity contribution in [3.63, 3.8) is 0 Å². The van der Waals surface area contributed by atoms with Crippen LogP contribution in [0.1, 0.15) is 16.1 Å². The highest BCUT2D eigenvalue weighted by Gasteiger charge is 2.33. The van der Waals surface area contributed by atoms with Crippen LogP contribution in [0.5, 0.6) is 5.75 Å². The van der Waals surface area contributed by atoms with E-state index in [9.17, 15) is 18.0 Å². The van der Waals surface area contributed by atoms with Gasteiger partial charge in [-0.1, -0.05) is 0 Å². The Hall–Kier alpha value is -2.51. The second-order valence-electron chi connectivity index (χ2n) is 3.88. The van der Waals surface area contributed by atoms with Gasteiger partial charge in [-0.3, -0.25) is 5.10 Å². The molecule has 1 heterocycles. The topological polar surface area (TPSA) is 75.2 Å². The minimum atomic E-state index is -4.53. The summed E-state index contributed by atoms with van der Waals surface area (Å²) in [4.78, 5) is 11.0. The number of carbonyl (C=O) groups is 1. The van der Waals surface area contributed by atoms with E-state index in [-0.39, 0.29) is 22.6 Å².